The first-order valence-corrected chi connectivity index (χ1v) is 5.98. The third-order valence-corrected chi connectivity index (χ3v) is 2.60. The highest BCUT2D eigenvalue weighted by Gasteiger charge is 2.09. The van der Waals surface area contributed by atoms with E-state index in [0.717, 1.165) is 37.2 Å². The number of hydrogen-bond donors (Lipinski definition) is 0. The second kappa shape index (κ2) is 6.17. The van der Waals surface area contributed by atoms with Crippen LogP contribution in [0.1, 0.15) is 37.8 Å². The maximum atomic E-state index is 9.12. The van der Waals surface area contributed by atoms with Crippen molar-refractivity contribution in [2.45, 2.75) is 33.6 Å². The first-order valence-electron chi connectivity index (χ1n) is 5.98. The van der Waals surface area contributed by atoms with E-state index in [-0.39, 0.29) is 0 Å². The van der Waals surface area contributed by atoms with Crippen LogP contribution in [0, 0.1) is 18.3 Å². The Hall–Kier alpha value is -1.49. The van der Waals surface area contributed by atoms with Crippen LogP contribution in [0.15, 0.2) is 18.2 Å². The lowest BCUT2D eigenvalue weighted by Crippen LogP contribution is -2.25. The minimum atomic E-state index is 0.785. The molecule has 2 nitrogen and oxygen atoms in total. The summed E-state index contributed by atoms with van der Waals surface area (Å²) in [5.74, 6) is 0. The Morgan fingerprint density at radius 3 is 2.31 bits per heavy atom. The molecule has 0 radical (unpaired) electrons. The monoisotopic (exact) mass is 216 g/mol. The third kappa shape index (κ3) is 3.00. The van der Waals surface area contributed by atoms with Gasteiger partial charge in [-0.1, -0.05) is 19.9 Å². The van der Waals surface area contributed by atoms with Gasteiger partial charge in [0.2, 0.25) is 0 Å². The van der Waals surface area contributed by atoms with Crippen molar-refractivity contribution in [2.24, 2.45) is 0 Å². The lowest BCUT2D eigenvalue weighted by Gasteiger charge is -2.25. The summed E-state index contributed by atoms with van der Waals surface area (Å²) in [6, 6.07) is 8.31. The van der Waals surface area contributed by atoms with Crippen LogP contribution in [0.3, 0.4) is 0 Å². The number of hydrogen-bond acceptors (Lipinski definition) is 2. The van der Waals surface area contributed by atoms with Gasteiger partial charge in [-0.3, -0.25) is 0 Å². The zero-order valence-electron chi connectivity index (χ0n) is 10.5. The van der Waals surface area contributed by atoms with E-state index in [1.807, 2.05) is 12.1 Å². The first-order chi connectivity index (χ1) is 7.72. The van der Waals surface area contributed by atoms with Crippen molar-refractivity contribution < 1.29 is 0 Å². The second-order valence-corrected chi connectivity index (χ2v) is 4.12. The fourth-order valence-electron chi connectivity index (χ4n) is 1.89. The number of benzene rings is 1. The zero-order valence-corrected chi connectivity index (χ0v) is 10.5. The minimum Gasteiger partial charge on any atom is -0.370 e. The average molecular weight is 216 g/mol. The van der Waals surface area contributed by atoms with Crippen LogP contribution in [0.4, 0.5) is 5.69 Å². The van der Waals surface area contributed by atoms with E-state index >= 15 is 0 Å². The van der Waals surface area contributed by atoms with Gasteiger partial charge in [0.05, 0.1) is 11.3 Å². The molecule has 0 heterocycles. The molecule has 1 aromatic carbocycles. The summed E-state index contributed by atoms with van der Waals surface area (Å²) < 4.78 is 0. The van der Waals surface area contributed by atoms with E-state index in [9.17, 15) is 0 Å². The highest BCUT2D eigenvalue weighted by molar-refractivity contribution is 5.60. The highest BCUT2D eigenvalue weighted by Crippen LogP contribution is 2.22. The van der Waals surface area contributed by atoms with Crippen LogP contribution in [-0.4, -0.2) is 13.1 Å². The molecular formula is C14H20N2. The molecule has 0 saturated carbocycles. The van der Waals surface area contributed by atoms with E-state index in [1.54, 1.807) is 0 Å². The first kappa shape index (κ1) is 12.6. The summed E-state index contributed by atoms with van der Waals surface area (Å²) in [6.45, 7) is 8.45. The predicted molar refractivity (Wildman–Crippen MR) is 68.7 cm³/mol. The molecule has 0 fully saturated rings. The highest BCUT2D eigenvalue weighted by atomic mass is 15.1. The minimum absolute atomic E-state index is 0.785. The Bertz CT molecular complexity index is 371. The van der Waals surface area contributed by atoms with Gasteiger partial charge in [0, 0.05) is 13.1 Å². The molecule has 0 N–H and O–H groups in total. The number of nitrogens with zero attached hydrogens (tertiary/aromatic N) is 2. The standard InChI is InChI=1S/C14H20N2/c1-4-8-16(9-5-2)14-10-12(3)6-7-13(14)11-15/h6-7,10H,4-5,8-9H2,1-3H3. The Morgan fingerprint density at radius 1 is 1.19 bits per heavy atom. The van der Waals surface area contributed by atoms with Gasteiger partial charge < -0.3 is 4.90 Å². The van der Waals surface area contributed by atoms with Crippen LogP contribution in [0.25, 0.3) is 0 Å². The molecule has 1 rings (SSSR count). The smallest absolute Gasteiger partial charge is 0.101 e. The van der Waals surface area contributed by atoms with Gasteiger partial charge >= 0.3 is 0 Å². The number of anilines is 1. The van der Waals surface area contributed by atoms with Crippen molar-refractivity contribution in [1.29, 1.82) is 5.26 Å². The summed E-state index contributed by atoms with van der Waals surface area (Å²) in [5.41, 5.74) is 3.09. The Kier molecular flexibility index (Phi) is 4.85. The van der Waals surface area contributed by atoms with Crippen LogP contribution in [-0.2, 0) is 0 Å². The summed E-state index contributed by atoms with van der Waals surface area (Å²) in [6.07, 6.45) is 2.22. The van der Waals surface area contributed by atoms with E-state index in [2.05, 4.69) is 37.8 Å². The molecule has 0 atom stereocenters. The molecule has 0 unspecified atom stereocenters. The molecule has 1 aromatic rings. The normalized spacial score (nSPS) is 9.88. The molecule has 86 valence electrons. The van der Waals surface area contributed by atoms with Crippen LogP contribution in [0.2, 0.25) is 0 Å². The van der Waals surface area contributed by atoms with Crippen LogP contribution >= 0.6 is 0 Å². The quantitative estimate of drug-likeness (QED) is 0.753. The van der Waals surface area contributed by atoms with Crippen molar-refractivity contribution in [2.75, 3.05) is 18.0 Å². The van der Waals surface area contributed by atoms with Gasteiger partial charge in [-0.25, -0.2) is 0 Å². The molecular weight excluding hydrogens is 196 g/mol. The fraction of sp³-hybridized carbons (Fsp3) is 0.500. The topological polar surface area (TPSA) is 27.0 Å². The van der Waals surface area contributed by atoms with Crippen LogP contribution in [0.5, 0.6) is 0 Å². The largest absolute Gasteiger partial charge is 0.370 e. The molecule has 0 amide bonds. The number of aryl methyl sites for hydroxylation is 1. The van der Waals surface area contributed by atoms with Crippen molar-refractivity contribution in [3.63, 3.8) is 0 Å². The van der Waals surface area contributed by atoms with E-state index in [1.165, 1.54) is 5.56 Å². The Balaban J connectivity index is 3.06. The predicted octanol–water partition coefficient (Wildman–Crippen LogP) is 3.49. The molecule has 0 aromatic heterocycles. The molecule has 16 heavy (non-hydrogen) atoms. The molecule has 0 aliphatic carbocycles. The van der Waals surface area contributed by atoms with Gasteiger partial charge in [0.1, 0.15) is 6.07 Å². The molecule has 0 saturated heterocycles. The second-order valence-electron chi connectivity index (χ2n) is 4.12. The zero-order chi connectivity index (χ0) is 12.0. The average Bonchev–Trinajstić information content (AvgIpc) is 2.29. The molecule has 0 spiro atoms. The van der Waals surface area contributed by atoms with Crippen LogP contribution < -0.4 is 4.90 Å². The summed E-state index contributed by atoms with van der Waals surface area (Å²) >= 11 is 0. The van der Waals surface area contributed by atoms with Crippen molar-refractivity contribution in [3.05, 3.63) is 29.3 Å². The van der Waals surface area contributed by atoms with Gasteiger partial charge in [-0.15, -0.1) is 0 Å². The Morgan fingerprint density at radius 2 is 1.81 bits per heavy atom. The van der Waals surface area contributed by atoms with Gasteiger partial charge in [-0.2, -0.15) is 5.26 Å². The van der Waals surface area contributed by atoms with E-state index in [0.29, 0.717) is 0 Å². The summed E-state index contributed by atoms with van der Waals surface area (Å²) in [7, 11) is 0. The van der Waals surface area contributed by atoms with Gasteiger partial charge in [0.25, 0.3) is 0 Å². The lowest BCUT2D eigenvalue weighted by atomic mass is 10.1. The maximum absolute atomic E-state index is 9.12. The lowest BCUT2D eigenvalue weighted by molar-refractivity contribution is 0.744. The molecule has 0 aliphatic heterocycles. The van der Waals surface area contributed by atoms with Gasteiger partial charge in [0.15, 0.2) is 0 Å². The number of nitriles is 1. The summed E-state index contributed by atoms with van der Waals surface area (Å²) in [4.78, 5) is 2.31. The van der Waals surface area contributed by atoms with Gasteiger partial charge in [-0.05, 0) is 37.5 Å². The fourth-order valence-corrected chi connectivity index (χ4v) is 1.89. The van der Waals surface area contributed by atoms with E-state index in [4.69, 9.17) is 5.26 Å². The SMILES string of the molecule is CCCN(CCC)c1cc(C)ccc1C#N. The molecule has 2 heteroatoms. The number of rotatable bonds is 5. The van der Waals surface area contributed by atoms with Crippen molar-refractivity contribution >= 4 is 5.69 Å². The third-order valence-electron chi connectivity index (χ3n) is 2.60. The van der Waals surface area contributed by atoms with Crippen molar-refractivity contribution in [1.82, 2.24) is 0 Å². The summed E-state index contributed by atoms with van der Waals surface area (Å²) in [5, 5.41) is 9.12. The van der Waals surface area contributed by atoms with E-state index < -0.39 is 0 Å². The Labute approximate surface area is 98.5 Å². The molecule has 0 bridgehead atoms. The van der Waals surface area contributed by atoms with Crippen molar-refractivity contribution in [3.8, 4) is 6.07 Å². The molecule has 0 aliphatic rings. The maximum Gasteiger partial charge on any atom is 0.101 e.